The summed E-state index contributed by atoms with van der Waals surface area (Å²) >= 11 is 0. The zero-order valence-corrected chi connectivity index (χ0v) is 32.3. The van der Waals surface area contributed by atoms with E-state index in [-0.39, 0.29) is 61.9 Å². The third kappa shape index (κ3) is 10.5. The van der Waals surface area contributed by atoms with Gasteiger partial charge in [0, 0.05) is 72.6 Å². The standard InChI is InChI=1S/C36H48N14O8/c1-47-17-21(44-35(57)28-5-19(15-49(28)3)42-30(52)10-37)7-26(47)33(55)40-12-23(46-32(54)25-9-24(51)14-39-25)13-41-34(56)27-8-22(18-48(27)2)45-36(58)29-6-20(16-50(29)4)43-31(53)11-38/h5-8,15-18,23-25,39,51H,9-14,37-38H2,1-4H3,(H,40,55)(H,41,56)(H,42,52)(H,43,53)(H,44,57)(H,45,58)(H,46,54). The maximum absolute atomic E-state index is 13.4. The van der Waals surface area contributed by atoms with Crippen LogP contribution in [0.5, 0.6) is 0 Å². The van der Waals surface area contributed by atoms with Crippen molar-refractivity contribution in [1.82, 2.24) is 39.5 Å². The van der Waals surface area contributed by atoms with Gasteiger partial charge in [-0.3, -0.25) is 33.6 Å². The molecule has 4 aromatic rings. The third-order valence-electron chi connectivity index (χ3n) is 9.19. The number of aliphatic hydroxyl groups excluding tert-OH is 1. The Morgan fingerprint density at radius 2 is 1.00 bits per heavy atom. The number of aromatic nitrogens is 4. The van der Waals surface area contributed by atoms with Crippen LogP contribution in [0, 0.1) is 0 Å². The van der Waals surface area contributed by atoms with Crippen molar-refractivity contribution in [1.29, 1.82) is 0 Å². The number of amides is 7. The first-order valence-electron chi connectivity index (χ1n) is 18.1. The summed E-state index contributed by atoms with van der Waals surface area (Å²) in [5.41, 5.74) is 13.0. The zero-order valence-electron chi connectivity index (χ0n) is 32.3. The normalized spacial score (nSPS) is 14.8. The van der Waals surface area contributed by atoms with Gasteiger partial charge in [-0.15, -0.1) is 0 Å². The number of hydrogen-bond donors (Lipinski definition) is 11. The summed E-state index contributed by atoms with van der Waals surface area (Å²) in [4.78, 5) is 89.3. The molecule has 0 spiro atoms. The van der Waals surface area contributed by atoms with Crippen LogP contribution in [-0.4, -0.2) is 116 Å². The Hall–Kier alpha value is -6.75. The SMILES string of the molecule is Cn1cc(NC(=O)c2cc(NC(=O)CN)cn2C)cc1C(=O)NCC(CNC(=O)c1cc(NC(=O)c2cc(NC(=O)CN)cn2C)cn1C)NC(=O)C1CC(O)CN1. The number of hydrogen-bond acceptors (Lipinski definition) is 11. The zero-order chi connectivity index (χ0) is 42.3. The molecule has 2 unspecified atom stereocenters. The van der Waals surface area contributed by atoms with Crippen LogP contribution in [0.3, 0.4) is 0 Å². The smallest absolute Gasteiger partial charge is 0.272 e. The van der Waals surface area contributed by atoms with Crippen LogP contribution in [-0.2, 0) is 42.6 Å². The Morgan fingerprint density at radius 3 is 1.34 bits per heavy atom. The number of nitrogens with zero attached hydrogens (tertiary/aromatic N) is 4. The Balaban J connectivity index is 1.21. The molecule has 1 saturated heterocycles. The number of carbonyl (C=O) groups is 7. The summed E-state index contributed by atoms with van der Waals surface area (Å²) in [6.45, 7) is -0.435. The van der Waals surface area contributed by atoms with E-state index in [1.807, 2.05) is 0 Å². The monoisotopic (exact) mass is 804 g/mol. The molecule has 2 atom stereocenters. The fourth-order valence-electron chi connectivity index (χ4n) is 6.25. The maximum atomic E-state index is 13.4. The lowest BCUT2D eigenvalue weighted by Crippen LogP contribution is -2.53. The summed E-state index contributed by atoms with van der Waals surface area (Å²) in [5, 5.41) is 31.9. The van der Waals surface area contributed by atoms with Gasteiger partial charge >= 0.3 is 0 Å². The van der Waals surface area contributed by atoms with E-state index < -0.39 is 59.5 Å². The number of nitrogens with one attached hydrogen (secondary N) is 8. The number of rotatable bonds is 16. The molecule has 4 aromatic heterocycles. The molecule has 22 nitrogen and oxygen atoms in total. The van der Waals surface area contributed by atoms with Crippen LogP contribution in [0.15, 0.2) is 49.1 Å². The first-order chi connectivity index (χ1) is 27.5. The van der Waals surface area contributed by atoms with Crippen molar-refractivity contribution in [3.05, 3.63) is 71.8 Å². The highest BCUT2D eigenvalue weighted by molar-refractivity contribution is 6.06. The van der Waals surface area contributed by atoms with E-state index in [2.05, 4.69) is 42.5 Å². The van der Waals surface area contributed by atoms with Gasteiger partial charge in [-0.2, -0.15) is 0 Å². The van der Waals surface area contributed by atoms with Crippen molar-refractivity contribution >= 4 is 64.1 Å². The summed E-state index contributed by atoms with van der Waals surface area (Å²) in [7, 11) is 6.49. The molecule has 0 aliphatic carbocycles. The lowest BCUT2D eigenvalue weighted by Gasteiger charge is -2.22. The molecule has 0 aromatic carbocycles. The van der Waals surface area contributed by atoms with E-state index in [1.165, 1.54) is 42.5 Å². The molecule has 0 bridgehead atoms. The minimum Gasteiger partial charge on any atom is -0.392 e. The van der Waals surface area contributed by atoms with E-state index in [1.54, 1.807) is 53.0 Å². The fourth-order valence-corrected chi connectivity index (χ4v) is 6.25. The maximum Gasteiger partial charge on any atom is 0.272 e. The summed E-state index contributed by atoms with van der Waals surface area (Å²) in [5.74, 6) is -3.34. The van der Waals surface area contributed by atoms with Crippen LogP contribution in [0.25, 0.3) is 0 Å². The number of nitrogens with two attached hydrogens (primary N) is 2. The summed E-state index contributed by atoms with van der Waals surface area (Å²) < 4.78 is 6.06. The van der Waals surface area contributed by atoms with Crippen LogP contribution >= 0.6 is 0 Å². The number of carbonyl (C=O) groups excluding carboxylic acids is 7. The predicted molar refractivity (Wildman–Crippen MR) is 212 cm³/mol. The lowest BCUT2D eigenvalue weighted by molar-refractivity contribution is -0.123. The van der Waals surface area contributed by atoms with E-state index >= 15 is 0 Å². The minimum absolute atomic E-state index is 0.119. The number of aryl methyl sites for hydroxylation is 4. The van der Waals surface area contributed by atoms with Crippen LogP contribution in [0.2, 0.25) is 0 Å². The van der Waals surface area contributed by atoms with Crippen molar-refractivity contribution in [2.45, 2.75) is 24.6 Å². The number of β-amino-alcohol motifs (C(OH)–C–C–N with tert-alkyl or cyclic N) is 1. The van der Waals surface area contributed by atoms with E-state index in [4.69, 9.17) is 11.5 Å². The van der Waals surface area contributed by atoms with Gasteiger partial charge in [0.15, 0.2) is 0 Å². The Bertz CT molecular complexity index is 2080. The van der Waals surface area contributed by atoms with Crippen molar-refractivity contribution in [3.8, 4) is 0 Å². The largest absolute Gasteiger partial charge is 0.392 e. The van der Waals surface area contributed by atoms with Gasteiger partial charge in [0.05, 0.1) is 54.0 Å². The van der Waals surface area contributed by atoms with E-state index in [9.17, 15) is 38.7 Å². The van der Waals surface area contributed by atoms with E-state index in [0.29, 0.717) is 22.7 Å². The van der Waals surface area contributed by atoms with E-state index in [0.717, 1.165) is 0 Å². The molecule has 0 radical (unpaired) electrons. The fraction of sp³-hybridized carbons (Fsp3) is 0.361. The van der Waals surface area contributed by atoms with Gasteiger partial charge in [-0.05, 0) is 30.7 Å². The Morgan fingerprint density at radius 1 is 0.638 bits per heavy atom. The van der Waals surface area contributed by atoms with Crippen molar-refractivity contribution in [3.63, 3.8) is 0 Å². The molecule has 1 aliphatic heterocycles. The van der Waals surface area contributed by atoms with Crippen LogP contribution in [0.1, 0.15) is 48.4 Å². The first-order valence-corrected chi connectivity index (χ1v) is 18.1. The van der Waals surface area contributed by atoms with Crippen molar-refractivity contribution < 1.29 is 38.7 Å². The van der Waals surface area contributed by atoms with Gasteiger partial charge < -0.3 is 77.4 Å². The Labute approximate surface area is 332 Å². The highest BCUT2D eigenvalue weighted by atomic mass is 16.3. The highest BCUT2D eigenvalue weighted by Gasteiger charge is 2.30. The average Bonchev–Trinajstić information content (AvgIpc) is 4.01. The van der Waals surface area contributed by atoms with Gasteiger partial charge in [-0.25, -0.2) is 0 Å². The molecule has 58 heavy (non-hydrogen) atoms. The van der Waals surface area contributed by atoms with Crippen LogP contribution in [0.4, 0.5) is 22.7 Å². The van der Waals surface area contributed by atoms with Crippen molar-refractivity contribution in [2.24, 2.45) is 39.7 Å². The lowest BCUT2D eigenvalue weighted by atomic mass is 10.1. The number of aliphatic hydroxyl groups is 1. The number of anilines is 4. The molecule has 22 heteroatoms. The van der Waals surface area contributed by atoms with Gasteiger partial charge in [0.25, 0.3) is 23.6 Å². The molecule has 0 saturated carbocycles. The predicted octanol–water partition coefficient (Wildman–Crippen LogP) is -2.29. The molecular formula is C36H48N14O8. The first kappa shape index (κ1) is 42.4. The summed E-state index contributed by atoms with van der Waals surface area (Å²) in [6.07, 6.45) is 5.69. The molecule has 7 amide bonds. The average molecular weight is 805 g/mol. The minimum atomic E-state index is -0.809. The summed E-state index contributed by atoms with van der Waals surface area (Å²) in [6, 6.07) is 4.41. The van der Waals surface area contributed by atoms with Crippen molar-refractivity contribution in [2.75, 3.05) is 54.0 Å². The molecule has 1 aliphatic rings. The van der Waals surface area contributed by atoms with Gasteiger partial charge in [0.1, 0.15) is 22.8 Å². The molecule has 1 fully saturated rings. The third-order valence-corrected chi connectivity index (χ3v) is 9.19. The van der Waals surface area contributed by atoms with Gasteiger partial charge in [-0.1, -0.05) is 0 Å². The quantitative estimate of drug-likeness (QED) is 0.0573. The Kier molecular flexibility index (Phi) is 13.5. The highest BCUT2D eigenvalue weighted by Crippen LogP contribution is 2.19. The second kappa shape index (κ2) is 18.5. The second-order valence-corrected chi connectivity index (χ2v) is 13.8. The molecule has 5 heterocycles. The topological polar surface area (TPSA) is 308 Å². The van der Waals surface area contributed by atoms with Gasteiger partial charge in [0.2, 0.25) is 17.7 Å². The molecule has 5 rings (SSSR count). The molecule has 310 valence electrons. The molecule has 13 N–H and O–H groups in total. The van der Waals surface area contributed by atoms with Crippen LogP contribution < -0.4 is 54.0 Å². The molecular weight excluding hydrogens is 756 g/mol. The second-order valence-electron chi connectivity index (χ2n) is 13.8.